The number of carbonyl (C=O) groups is 2. The van der Waals surface area contributed by atoms with Crippen LogP contribution in [0.15, 0.2) is 18.2 Å². The number of carbonyl (C=O) groups excluding carboxylic acids is 2. The first-order valence-electron chi connectivity index (χ1n) is 6.01. The average Bonchev–Trinajstić information content (AvgIpc) is 2.36. The summed E-state index contributed by atoms with van der Waals surface area (Å²) in [5.74, 6) is 0.0555. The summed E-state index contributed by atoms with van der Waals surface area (Å²) in [7, 11) is 0. The smallest absolute Gasteiger partial charge is 0.407 e. The Morgan fingerprint density at radius 2 is 2.28 bits per heavy atom. The molecule has 0 aromatic heterocycles. The van der Waals surface area contributed by atoms with Crippen LogP contribution >= 0.6 is 0 Å². The van der Waals surface area contributed by atoms with Gasteiger partial charge in [0, 0.05) is 18.7 Å². The zero-order valence-electron chi connectivity index (χ0n) is 10.3. The molecule has 0 atom stereocenters. The van der Waals surface area contributed by atoms with Gasteiger partial charge in [-0.05, 0) is 30.5 Å². The molecule has 1 heterocycles. The molecule has 2 rings (SSSR count). The molecule has 5 nitrogen and oxygen atoms in total. The highest BCUT2D eigenvalue weighted by Crippen LogP contribution is 2.23. The van der Waals surface area contributed by atoms with Gasteiger partial charge in [0.15, 0.2) is 0 Å². The molecule has 0 spiro atoms. The molecule has 0 saturated heterocycles. The van der Waals surface area contributed by atoms with E-state index in [1.807, 2.05) is 18.2 Å². The first-order valence-corrected chi connectivity index (χ1v) is 6.01. The Bertz CT molecular complexity index is 471. The lowest BCUT2D eigenvalue weighted by Crippen LogP contribution is -2.24. The molecule has 96 valence electrons. The predicted molar refractivity (Wildman–Crippen MR) is 67.3 cm³/mol. The van der Waals surface area contributed by atoms with Crippen LogP contribution in [-0.4, -0.2) is 18.6 Å². The molecule has 5 heteroatoms. The number of ether oxygens (including phenoxy) is 1. The number of amides is 2. The Morgan fingerprint density at radius 1 is 1.44 bits per heavy atom. The second-order valence-corrected chi connectivity index (χ2v) is 4.11. The van der Waals surface area contributed by atoms with E-state index in [2.05, 4.69) is 10.6 Å². The highest BCUT2D eigenvalue weighted by atomic mass is 16.5. The van der Waals surface area contributed by atoms with Crippen molar-refractivity contribution in [2.75, 3.05) is 11.9 Å². The average molecular weight is 248 g/mol. The van der Waals surface area contributed by atoms with Crippen molar-refractivity contribution in [3.63, 3.8) is 0 Å². The summed E-state index contributed by atoms with van der Waals surface area (Å²) in [5, 5.41) is 5.49. The van der Waals surface area contributed by atoms with Gasteiger partial charge >= 0.3 is 6.09 Å². The lowest BCUT2D eigenvalue weighted by atomic mass is 10.0. The van der Waals surface area contributed by atoms with E-state index in [4.69, 9.17) is 4.74 Å². The van der Waals surface area contributed by atoms with Crippen LogP contribution in [0.3, 0.4) is 0 Å². The number of hydrogen-bond donors (Lipinski definition) is 2. The van der Waals surface area contributed by atoms with Crippen LogP contribution in [0.1, 0.15) is 24.5 Å². The summed E-state index contributed by atoms with van der Waals surface area (Å²) in [6, 6.07) is 5.76. The Hall–Kier alpha value is -2.04. The molecule has 0 bridgehead atoms. The minimum absolute atomic E-state index is 0.0555. The van der Waals surface area contributed by atoms with Gasteiger partial charge in [-0.1, -0.05) is 12.1 Å². The van der Waals surface area contributed by atoms with Crippen molar-refractivity contribution in [2.45, 2.75) is 26.3 Å². The Kier molecular flexibility index (Phi) is 3.82. The van der Waals surface area contributed by atoms with Crippen molar-refractivity contribution >= 4 is 17.7 Å². The lowest BCUT2D eigenvalue weighted by Gasteiger charge is -2.17. The molecule has 1 aliphatic rings. The minimum Gasteiger partial charge on any atom is -0.450 e. The lowest BCUT2D eigenvalue weighted by molar-refractivity contribution is -0.116. The van der Waals surface area contributed by atoms with E-state index in [1.54, 1.807) is 6.92 Å². The van der Waals surface area contributed by atoms with E-state index >= 15 is 0 Å². The molecular weight excluding hydrogens is 232 g/mol. The van der Waals surface area contributed by atoms with Gasteiger partial charge in [0.05, 0.1) is 6.61 Å². The highest BCUT2D eigenvalue weighted by molar-refractivity contribution is 5.93. The molecule has 18 heavy (non-hydrogen) atoms. The van der Waals surface area contributed by atoms with Crippen LogP contribution < -0.4 is 10.6 Å². The second-order valence-electron chi connectivity index (χ2n) is 4.11. The zero-order valence-corrected chi connectivity index (χ0v) is 10.3. The fraction of sp³-hybridized carbons (Fsp3) is 0.385. The number of anilines is 1. The number of fused-ring (bicyclic) bond motifs is 1. The van der Waals surface area contributed by atoms with Gasteiger partial charge in [-0.25, -0.2) is 4.79 Å². The highest BCUT2D eigenvalue weighted by Gasteiger charge is 2.14. The van der Waals surface area contributed by atoms with Gasteiger partial charge in [0.2, 0.25) is 5.91 Å². The van der Waals surface area contributed by atoms with Gasteiger partial charge in [0.25, 0.3) is 0 Å². The maximum absolute atomic E-state index is 11.2. The molecule has 2 N–H and O–H groups in total. The number of rotatable bonds is 3. The monoisotopic (exact) mass is 248 g/mol. The molecule has 0 saturated carbocycles. The van der Waals surface area contributed by atoms with Gasteiger partial charge in [-0.15, -0.1) is 0 Å². The summed E-state index contributed by atoms with van der Waals surface area (Å²) in [6.45, 7) is 2.56. The number of benzene rings is 1. The summed E-state index contributed by atoms with van der Waals surface area (Å²) in [4.78, 5) is 22.4. The SMILES string of the molecule is CCOC(=O)NCc1ccc2c(c1)CCC(=O)N2. The third-order valence-electron chi connectivity index (χ3n) is 2.78. The van der Waals surface area contributed by atoms with Crippen molar-refractivity contribution < 1.29 is 14.3 Å². The first-order chi connectivity index (χ1) is 8.69. The number of hydrogen-bond acceptors (Lipinski definition) is 3. The molecule has 1 aliphatic heterocycles. The summed E-state index contributed by atoms with van der Waals surface area (Å²) >= 11 is 0. The number of alkyl carbamates (subject to hydrolysis) is 1. The van der Waals surface area contributed by atoms with E-state index in [-0.39, 0.29) is 5.91 Å². The molecule has 1 aromatic carbocycles. The maximum atomic E-state index is 11.2. The largest absolute Gasteiger partial charge is 0.450 e. The Balaban J connectivity index is 1.99. The fourth-order valence-electron chi connectivity index (χ4n) is 1.90. The predicted octanol–water partition coefficient (Wildman–Crippen LogP) is 1.82. The second kappa shape index (κ2) is 5.53. The van der Waals surface area contributed by atoms with Crippen molar-refractivity contribution in [3.05, 3.63) is 29.3 Å². The first kappa shape index (κ1) is 12.4. The molecule has 0 fully saturated rings. The van der Waals surface area contributed by atoms with Crippen molar-refractivity contribution in [3.8, 4) is 0 Å². The number of aryl methyl sites for hydroxylation is 1. The topological polar surface area (TPSA) is 67.4 Å². The molecular formula is C13H16N2O3. The summed E-state index contributed by atoms with van der Waals surface area (Å²) in [5.41, 5.74) is 2.97. The van der Waals surface area contributed by atoms with E-state index < -0.39 is 6.09 Å². The summed E-state index contributed by atoms with van der Waals surface area (Å²) in [6.07, 6.45) is 0.847. The molecule has 0 unspecified atom stereocenters. The van der Waals surface area contributed by atoms with Crippen molar-refractivity contribution in [1.29, 1.82) is 0 Å². The standard InChI is InChI=1S/C13H16N2O3/c1-2-18-13(17)14-8-9-3-5-11-10(7-9)4-6-12(16)15-11/h3,5,7H,2,4,6,8H2,1H3,(H,14,17)(H,15,16). The van der Waals surface area contributed by atoms with Crippen molar-refractivity contribution in [2.24, 2.45) is 0 Å². The van der Waals surface area contributed by atoms with Gasteiger partial charge in [0.1, 0.15) is 0 Å². The zero-order chi connectivity index (χ0) is 13.0. The van der Waals surface area contributed by atoms with Crippen LogP contribution in [0, 0.1) is 0 Å². The molecule has 1 aromatic rings. The molecule has 0 aliphatic carbocycles. The molecule has 2 amide bonds. The van der Waals surface area contributed by atoms with Gasteiger partial charge in [-0.3, -0.25) is 4.79 Å². The quantitative estimate of drug-likeness (QED) is 0.857. The van der Waals surface area contributed by atoms with Crippen LogP contribution in [0.25, 0.3) is 0 Å². The normalized spacial score (nSPS) is 13.5. The Morgan fingerprint density at radius 3 is 3.06 bits per heavy atom. The van der Waals surface area contributed by atoms with Crippen LogP contribution in [0.4, 0.5) is 10.5 Å². The van der Waals surface area contributed by atoms with E-state index in [0.29, 0.717) is 19.6 Å². The van der Waals surface area contributed by atoms with Crippen LogP contribution in [0.2, 0.25) is 0 Å². The van der Waals surface area contributed by atoms with Gasteiger partial charge in [-0.2, -0.15) is 0 Å². The minimum atomic E-state index is -0.413. The third kappa shape index (κ3) is 3.00. The number of nitrogens with one attached hydrogen (secondary N) is 2. The van der Waals surface area contributed by atoms with Crippen LogP contribution in [-0.2, 0) is 22.5 Å². The van der Waals surface area contributed by atoms with Crippen LogP contribution in [0.5, 0.6) is 0 Å². The van der Waals surface area contributed by atoms with Gasteiger partial charge < -0.3 is 15.4 Å². The van der Waals surface area contributed by atoms with Crippen molar-refractivity contribution in [1.82, 2.24) is 5.32 Å². The Labute approximate surface area is 106 Å². The summed E-state index contributed by atoms with van der Waals surface area (Å²) < 4.78 is 4.78. The maximum Gasteiger partial charge on any atom is 0.407 e. The van der Waals surface area contributed by atoms with E-state index in [1.165, 1.54) is 0 Å². The third-order valence-corrected chi connectivity index (χ3v) is 2.78. The molecule has 0 radical (unpaired) electrons. The van der Waals surface area contributed by atoms with E-state index in [0.717, 1.165) is 23.2 Å². The fourth-order valence-corrected chi connectivity index (χ4v) is 1.90. The van der Waals surface area contributed by atoms with E-state index in [9.17, 15) is 9.59 Å².